The molecular weight excluding hydrogens is 567 g/mol. The van der Waals surface area contributed by atoms with Crippen molar-refractivity contribution >= 4 is 70.6 Å². The van der Waals surface area contributed by atoms with Gasteiger partial charge in [-0.3, -0.25) is 0 Å². The second-order valence-corrected chi connectivity index (χ2v) is 12.8. The van der Waals surface area contributed by atoms with Crippen LogP contribution in [0.25, 0.3) is 81.7 Å². The molecule has 1 aromatic heterocycles. The Kier molecular flexibility index (Phi) is 5.77. The number of rotatable bonds is 3. The molecule has 1 heterocycles. The zero-order valence-corrected chi connectivity index (χ0v) is 25.9. The van der Waals surface area contributed by atoms with Gasteiger partial charge in [0.25, 0.3) is 0 Å². The van der Waals surface area contributed by atoms with Gasteiger partial charge in [0.2, 0.25) is 0 Å². The van der Waals surface area contributed by atoms with Gasteiger partial charge in [-0.15, -0.1) is 0 Å². The van der Waals surface area contributed by atoms with Gasteiger partial charge in [0.1, 0.15) is 0 Å². The van der Waals surface area contributed by atoms with Crippen molar-refractivity contribution in [2.75, 3.05) is 0 Å². The highest BCUT2D eigenvalue weighted by molar-refractivity contribution is 6.17. The van der Waals surface area contributed by atoms with Gasteiger partial charge in [-0.1, -0.05) is 146 Å². The van der Waals surface area contributed by atoms with E-state index in [1.165, 1.54) is 87.3 Å². The summed E-state index contributed by atoms with van der Waals surface area (Å²) in [6, 6.07) is 55.8. The Morgan fingerprint density at radius 1 is 0.447 bits per heavy atom. The van der Waals surface area contributed by atoms with Crippen LogP contribution in [0.3, 0.4) is 0 Å². The van der Waals surface area contributed by atoms with Crippen LogP contribution in [0.15, 0.2) is 170 Å². The monoisotopic (exact) mass is 597 g/mol. The normalized spacial score (nSPS) is 15.0. The molecule has 0 amide bonds. The molecule has 0 bridgehead atoms. The van der Waals surface area contributed by atoms with E-state index in [2.05, 4.69) is 174 Å². The molecule has 47 heavy (non-hydrogen) atoms. The van der Waals surface area contributed by atoms with E-state index in [0.29, 0.717) is 0 Å². The van der Waals surface area contributed by atoms with E-state index in [9.17, 15) is 0 Å². The van der Waals surface area contributed by atoms with Crippen LogP contribution in [0, 0.1) is 0 Å². The first-order chi connectivity index (χ1) is 23.3. The lowest BCUT2D eigenvalue weighted by molar-refractivity contribution is 0.865. The summed E-state index contributed by atoms with van der Waals surface area (Å²) in [6.45, 7) is 0. The maximum absolute atomic E-state index is 2.44. The quantitative estimate of drug-likeness (QED) is 0.141. The van der Waals surface area contributed by atoms with E-state index >= 15 is 0 Å². The van der Waals surface area contributed by atoms with Crippen molar-refractivity contribution in [2.45, 2.75) is 12.3 Å². The van der Waals surface area contributed by atoms with Crippen LogP contribution in [-0.2, 0) is 0 Å². The van der Waals surface area contributed by atoms with Crippen LogP contribution >= 0.6 is 0 Å². The standard InChI is InChI=1S/C46H31N/c1-2-12-35-30(11-1)21-22-32-29-33(25-28-36(32)35)46-41-17-5-3-15-39(41)45(40-16-4-6-18-42(40)46)31-23-26-34(27-24-31)47-43-19-9-7-13-37(43)38-14-8-10-20-44(38)47/h1-23,25-29,31H,24H2. The Bertz CT molecular complexity index is 2660. The van der Waals surface area contributed by atoms with Crippen LogP contribution in [0.4, 0.5) is 0 Å². The maximum Gasteiger partial charge on any atom is 0.0540 e. The summed E-state index contributed by atoms with van der Waals surface area (Å²) in [5.41, 5.74) is 7.75. The molecule has 1 aliphatic carbocycles. The summed E-state index contributed by atoms with van der Waals surface area (Å²) in [5.74, 6) is 0.277. The first kappa shape index (κ1) is 26.3. The zero-order chi connectivity index (χ0) is 30.9. The molecule has 0 radical (unpaired) electrons. The molecule has 0 aliphatic heterocycles. The van der Waals surface area contributed by atoms with Crippen LogP contribution < -0.4 is 0 Å². The minimum atomic E-state index is 0.277. The minimum Gasteiger partial charge on any atom is -0.310 e. The highest BCUT2D eigenvalue weighted by Crippen LogP contribution is 2.45. The molecule has 0 N–H and O–H groups in total. The van der Waals surface area contributed by atoms with Crippen molar-refractivity contribution in [3.63, 3.8) is 0 Å². The van der Waals surface area contributed by atoms with E-state index in [4.69, 9.17) is 0 Å². The second-order valence-electron chi connectivity index (χ2n) is 12.8. The average Bonchev–Trinajstić information content (AvgIpc) is 3.48. The third-order valence-corrected chi connectivity index (χ3v) is 10.3. The molecule has 0 fully saturated rings. The first-order valence-electron chi connectivity index (χ1n) is 16.6. The Morgan fingerprint density at radius 3 is 1.62 bits per heavy atom. The summed E-state index contributed by atoms with van der Waals surface area (Å²) in [6.07, 6.45) is 8.17. The Balaban J connectivity index is 1.14. The Morgan fingerprint density at radius 2 is 0.979 bits per heavy atom. The lowest BCUT2D eigenvalue weighted by atomic mass is 9.81. The molecule has 1 unspecified atom stereocenters. The van der Waals surface area contributed by atoms with Crippen LogP contribution in [-0.4, -0.2) is 4.57 Å². The molecule has 10 rings (SSSR count). The summed E-state index contributed by atoms with van der Waals surface area (Å²) in [4.78, 5) is 0. The van der Waals surface area contributed by atoms with Crippen molar-refractivity contribution in [3.05, 3.63) is 175 Å². The van der Waals surface area contributed by atoms with E-state index in [1.807, 2.05) is 0 Å². The van der Waals surface area contributed by atoms with Crippen molar-refractivity contribution in [2.24, 2.45) is 0 Å². The summed E-state index contributed by atoms with van der Waals surface area (Å²) < 4.78 is 2.43. The number of allylic oxidation sites excluding steroid dienone is 4. The van der Waals surface area contributed by atoms with Crippen LogP contribution in [0.2, 0.25) is 0 Å². The average molecular weight is 598 g/mol. The zero-order valence-electron chi connectivity index (χ0n) is 25.9. The summed E-state index contributed by atoms with van der Waals surface area (Å²) >= 11 is 0. The van der Waals surface area contributed by atoms with Crippen LogP contribution in [0.1, 0.15) is 17.9 Å². The lowest BCUT2D eigenvalue weighted by Crippen LogP contribution is -2.04. The molecule has 0 saturated heterocycles. The van der Waals surface area contributed by atoms with Gasteiger partial charge in [-0.05, 0) is 90.5 Å². The molecule has 9 aromatic rings. The fourth-order valence-electron chi connectivity index (χ4n) is 8.23. The number of hydrogen-bond acceptors (Lipinski definition) is 0. The topological polar surface area (TPSA) is 4.93 Å². The van der Waals surface area contributed by atoms with Gasteiger partial charge in [0.05, 0.1) is 11.0 Å². The molecule has 1 atom stereocenters. The molecular formula is C46H31N. The van der Waals surface area contributed by atoms with E-state index in [1.54, 1.807) is 0 Å². The largest absolute Gasteiger partial charge is 0.310 e. The molecule has 8 aromatic carbocycles. The predicted octanol–water partition coefficient (Wildman–Crippen LogP) is 12.7. The number of hydrogen-bond donors (Lipinski definition) is 0. The van der Waals surface area contributed by atoms with Gasteiger partial charge >= 0.3 is 0 Å². The summed E-state index contributed by atoms with van der Waals surface area (Å²) in [5, 5.41) is 13.1. The van der Waals surface area contributed by atoms with Crippen LogP contribution in [0.5, 0.6) is 0 Å². The molecule has 1 heteroatoms. The van der Waals surface area contributed by atoms with Gasteiger partial charge in [-0.2, -0.15) is 0 Å². The Hall–Kier alpha value is -5.92. The SMILES string of the molecule is C1=CC(c2c3ccccc3c(-c3ccc4c(ccc5ccccc54)c3)c3ccccc23)CC=C1n1c2ccccc2c2ccccc21. The highest BCUT2D eigenvalue weighted by atomic mass is 15.0. The maximum atomic E-state index is 2.44. The van der Waals surface area contributed by atoms with E-state index in [0.717, 1.165) is 6.42 Å². The predicted molar refractivity (Wildman–Crippen MR) is 202 cm³/mol. The van der Waals surface area contributed by atoms with E-state index < -0.39 is 0 Å². The molecule has 0 spiro atoms. The summed E-state index contributed by atoms with van der Waals surface area (Å²) in [7, 11) is 0. The number of nitrogens with zero attached hydrogens (tertiary/aromatic N) is 1. The van der Waals surface area contributed by atoms with E-state index in [-0.39, 0.29) is 5.92 Å². The van der Waals surface area contributed by atoms with Gasteiger partial charge < -0.3 is 4.57 Å². The first-order valence-corrected chi connectivity index (χ1v) is 16.6. The minimum absolute atomic E-state index is 0.277. The van der Waals surface area contributed by atoms with Gasteiger partial charge in [0, 0.05) is 22.4 Å². The smallest absolute Gasteiger partial charge is 0.0540 e. The third kappa shape index (κ3) is 3.96. The molecule has 1 aliphatic rings. The number of aromatic nitrogens is 1. The fraction of sp³-hybridized carbons (Fsp3) is 0.0435. The lowest BCUT2D eigenvalue weighted by Gasteiger charge is -2.24. The van der Waals surface area contributed by atoms with Gasteiger partial charge in [0.15, 0.2) is 0 Å². The second kappa shape index (κ2) is 10.3. The fourth-order valence-corrected chi connectivity index (χ4v) is 8.23. The Labute approximate surface area is 273 Å². The van der Waals surface area contributed by atoms with Crippen molar-refractivity contribution in [1.29, 1.82) is 0 Å². The molecule has 1 nitrogen and oxygen atoms in total. The highest BCUT2D eigenvalue weighted by Gasteiger charge is 2.22. The van der Waals surface area contributed by atoms with Crippen molar-refractivity contribution in [3.8, 4) is 11.1 Å². The number of benzene rings is 8. The van der Waals surface area contributed by atoms with Crippen molar-refractivity contribution in [1.82, 2.24) is 4.57 Å². The van der Waals surface area contributed by atoms with Crippen molar-refractivity contribution < 1.29 is 0 Å². The number of fused-ring (bicyclic) bond motifs is 8. The molecule has 0 saturated carbocycles. The van der Waals surface area contributed by atoms with Gasteiger partial charge in [-0.25, -0.2) is 0 Å². The third-order valence-electron chi connectivity index (χ3n) is 10.3. The number of para-hydroxylation sites is 2. The molecule has 220 valence electrons.